The van der Waals surface area contributed by atoms with Crippen LogP contribution in [0.3, 0.4) is 0 Å². The molecule has 0 aromatic heterocycles. The normalized spacial score (nSPS) is 30.4. The molecular weight excluding hydrogens is 365 g/mol. The lowest BCUT2D eigenvalue weighted by atomic mass is 9.82. The van der Waals surface area contributed by atoms with Crippen molar-refractivity contribution in [2.45, 2.75) is 42.0 Å². The number of ether oxygens (including phenoxy) is 1. The summed E-state index contributed by atoms with van der Waals surface area (Å²) in [7, 11) is -3.98. The van der Waals surface area contributed by atoms with Gasteiger partial charge in [-0.15, -0.1) is 0 Å². The van der Waals surface area contributed by atoms with Gasteiger partial charge in [-0.3, -0.25) is 4.79 Å². The molecule has 2 N–H and O–H groups in total. The van der Waals surface area contributed by atoms with Crippen LogP contribution < -0.4 is 4.74 Å². The number of carboxylic acids is 1. The number of fused-ring (bicyclic) bond motifs is 1. The monoisotopic (exact) mass is 380 g/mol. The van der Waals surface area contributed by atoms with Crippen molar-refractivity contribution < 1.29 is 41.3 Å². The fraction of sp³-hybridized carbons (Fsp3) is 0.533. The molecule has 0 spiro atoms. The van der Waals surface area contributed by atoms with E-state index in [9.17, 15) is 31.5 Å². The van der Waals surface area contributed by atoms with Gasteiger partial charge in [0.2, 0.25) is 0 Å². The third-order valence-corrected chi connectivity index (χ3v) is 5.73. The molecule has 10 heteroatoms. The highest BCUT2D eigenvalue weighted by atomic mass is 32.2. The molecule has 25 heavy (non-hydrogen) atoms. The Morgan fingerprint density at radius 3 is 2.40 bits per heavy atom. The molecule has 2 aliphatic carbocycles. The second kappa shape index (κ2) is 5.60. The molecule has 3 rings (SSSR count). The molecule has 2 aliphatic rings. The number of halogens is 3. The molecule has 138 valence electrons. The van der Waals surface area contributed by atoms with Gasteiger partial charge < -0.3 is 14.9 Å². The van der Waals surface area contributed by atoms with Crippen LogP contribution in [0.4, 0.5) is 13.2 Å². The van der Waals surface area contributed by atoms with Crippen molar-refractivity contribution in [2.24, 2.45) is 5.92 Å². The lowest BCUT2D eigenvalue weighted by Gasteiger charge is -2.33. The van der Waals surface area contributed by atoms with Gasteiger partial charge in [0, 0.05) is 17.4 Å². The summed E-state index contributed by atoms with van der Waals surface area (Å²) in [5, 5.41) is 18.6. The topological polar surface area (TPSA) is 101 Å². The molecule has 2 atom stereocenters. The predicted octanol–water partition coefficient (Wildman–Crippen LogP) is 2.03. The van der Waals surface area contributed by atoms with Crippen LogP contribution in [0.5, 0.6) is 5.75 Å². The summed E-state index contributed by atoms with van der Waals surface area (Å²) < 4.78 is 71.1. The summed E-state index contributed by atoms with van der Waals surface area (Å²) >= 11 is 0. The molecule has 1 aromatic rings. The zero-order valence-corrected chi connectivity index (χ0v) is 13.8. The van der Waals surface area contributed by atoms with E-state index in [2.05, 4.69) is 0 Å². The largest absolute Gasteiger partial charge is 0.490 e. The smallest absolute Gasteiger partial charge is 0.312 e. The van der Waals surface area contributed by atoms with Crippen LogP contribution in [-0.4, -0.2) is 42.9 Å². The SMILES string of the molecule is CS(=O)(=O)c1ccc(OC2CC(C(=O)O)C2)c2c1[C@H](O)C(F)(F)[C@@H]2F. The molecule has 0 saturated heterocycles. The third-order valence-electron chi connectivity index (χ3n) is 4.57. The lowest BCUT2D eigenvalue weighted by molar-refractivity contribution is -0.148. The maximum absolute atomic E-state index is 14.3. The number of rotatable bonds is 4. The first kappa shape index (κ1) is 18.0. The zero-order valence-electron chi connectivity index (χ0n) is 12.9. The van der Waals surface area contributed by atoms with Gasteiger partial charge in [0.15, 0.2) is 16.0 Å². The molecule has 1 saturated carbocycles. The van der Waals surface area contributed by atoms with E-state index in [4.69, 9.17) is 9.84 Å². The molecule has 0 radical (unpaired) electrons. The number of hydrogen-bond acceptors (Lipinski definition) is 5. The van der Waals surface area contributed by atoms with Crippen LogP contribution in [-0.2, 0) is 14.6 Å². The van der Waals surface area contributed by atoms with Crippen molar-refractivity contribution >= 4 is 15.8 Å². The van der Waals surface area contributed by atoms with Gasteiger partial charge in [-0.1, -0.05) is 0 Å². The van der Waals surface area contributed by atoms with Crippen molar-refractivity contribution in [3.8, 4) is 5.75 Å². The Hall–Kier alpha value is -1.81. The Labute approximate surface area is 141 Å². The number of sulfone groups is 1. The highest BCUT2D eigenvalue weighted by Crippen LogP contribution is 2.57. The standard InChI is InChI=1S/C15H15F3O6S/c1-25(22,23)9-3-2-8(24-7-4-6(5-7)14(20)21)10-11(9)13(19)15(17,18)12(10)16/h2-3,6-7,12-13,19H,4-5H2,1H3,(H,20,21)/t6?,7?,12-,13+/m1/s1. The van der Waals surface area contributed by atoms with Crippen LogP contribution in [0.15, 0.2) is 17.0 Å². The van der Waals surface area contributed by atoms with Gasteiger partial charge in [-0.25, -0.2) is 12.8 Å². The average molecular weight is 380 g/mol. The lowest BCUT2D eigenvalue weighted by Crippen LogP contribution is -2.38. The molecule has 1 fully saturated rings. The fourth-order valence-electron chi connectivity index (χ4n) is 3.13. The minimum Gasteiger partial charge on any atom is -0.490 e. The molecule has 0 heterocycles. The Bertz CT molecular complexity index is 832. The predicted molar refractivity (Wildman–Crippen MR) is 78.1 cm³/mol. The molecule has 0 unspecified atom stereocenters. The van der Waals surface area contributed by atoms with Gasteiger partial charge in [-0.05, 0) is 25.0 Å². The molecular formula is C15H15F3O6S. The van der Waals surface area contributed by atoms with Crippen molar-refractivity contribution in [1.29, 1.82) is 0 Å². The molecule has 6 nitrogen and oxygen atoms in total. The molecule has 0 bridgehead atoms. The van der Waals surface area contributed by atoms with E-state index in [1.165, 1.54) is 0 Å². The van der Waals surface area contributed by atoms with E-state index in [0.717, 1.165) is 18.4 Å². The Morgan fingerprint density at radius 2 is 1.88 bits per heavy atom. The Kier molecular flexibility index (Phi) is 4.03. The van der Waals surface area contributed by atoms with E-state index in [-0.39, 0.29) is 18.6 Å². The zero-order chi connectivity index (χ0) is 18.7. The summed E-state index contributed by atoms with van der Waals surface area (Å²) in [6.07, 6.45) is -5.11. The van der Waals surface area contributed by atoms with E-state index in [0.29, 0.717) is 0 Å². The van der Waals surface area contributed by atoms with Crippen LogP contribution in [0.25, 0.3) is 0 Å². The first-order valence-electron chi connectivity index (χ1n) is 7.40. The van der Waals surface area contributed by atoms with Crippen LogP contribution >= 0.6 is 0 Å². The van der Waals surface area contributed by atoms with Crippen molar-refractivity contribution in [3.63, 3.8) is 0 Å². The Morgan fingerprint density at radius 1 is 1.28 bits per heavy atom. The minimum absolute atomic E-state index is 0.133. The molecule has 0 aliphatic heterocycles. The van der Waals surface area contributed by atoms with E-state index >= 15 is 0 Å². The van der Waals surface area contributed by atoms with Crippen molar-refractivity contribution in [2.75, 3.05) is 6.26 Å². The van der Waals surface area contributed by atoms with Gasteiger partial charge >= 0.3 is 11.9 Å². The first-order valence-corrected chi connectivity index (χ1v) is 9.30. The maximum atomic E-state index is 14.3. The minimum atomic E-state index is -4.19. The van der Waals surface area contributed by atoms with Crippen molar-refractivity contribution in [3.05, 3.63) is 23.3 Å². The van der Waals surface area contributed by atoms with E-state index < -0.39 is 62.0 Å². The highest BCUT2D eigenvalue weighted by Gasteiger charge is 2.59. The van der Waals surface area contributed by atoms with Gasteiger partial charge in [0.1, 0.15) is 18.0 Å². The Balaban J connectivity index is 2.02. The number of hydrogen-bond donors (Lipinski definition) is 2. The van der Waals surface area contributed by atoms with E-state index in [1.54, 1.807) is 0 Å². The van der Waals surface area contributed by atoms with Gasteiger partial charge in [0.05, 0.1) is 10.8 Å². The average Bonchev–Trinajstić information content (AvgIpc) is 2.62. The second-order valence-corrected chi connectivity index (χ2v) is 8.33. The second-order valence-electron chi connectivity index (χ2n) is 6.35. The number of aliphatic hydroxyl groups excluding tert-OH is 1. The van der Waals surface area contributed by atoms with Crippen LogP contribution in [0.1, 0.15) is 36.2 Å². The third kappa shape index (κ3) is 2.77. The number of aliphatic hydroxyl groups is 1. The molecule has 1 aromatic carbocycles. The highest BCUT2D eigenvalue weighted by molar-refractivity contribution is 7.90. The number of aliphatic carboxylic acids is 1. The summed E-state index contributed by atoms with van der Waals surface area (Å²) in [6.45, 7) is 0. The maximum Gasteiger partial charge on any atom is 0.312 e. The number of carbonyl (C=O) groups is 1. The molecule has 0 amide bonds. The van der Waals surface area contributed by atoms with Crippen LogP contribution in [0, 0.1) is 5.92 Å². The first-order chi connectivity index (χ1) is 11.4. The summed E-state index contributed by atoms with van der Waals surface area (Å²) in [5.74, 6) is -6.13. The van der Waals surface area contributed by atoms with Crippen LogP contribution in [0.2, 0.25) is 0 Å². The summed E-state index contributed by atoms with van der Waals surface area (Å²) in [5.41, 5.74) is -1.40. The van der Waals surface area contributed by atoms with Crippen molar-refractivity contribution in [1.82, 2.24) is 0 Å². The van der Waals surface area contributed by atoms with E-state index in [1.807, 2.05) is 0 Å². The number of alkyl halides is 3. The number of carboxylic acid groups (broad SMARTS) is 1. The van der Waals surface area contributed by atoms with Gasteiger partial charge in [0.25, 0.3) is 0 Å². The summed E-state index contributed by atoms with van der Waals surface area (Å²) in [4.78, 5) is 10.2. The van der Waals surface area contributed by atoms with Gasteiger partial charge in [-0.2, -0.15) is 8.78 Å². The number of benzene rings is 1. The summed E-state index contributed by atoms with van der Waals surface area (Å²) in [6, 6.07) is 2.04. The fourth-order valence-corrected chi connectivity index (χ4v) is 4.07. The quantitative estimate of drug-likeness (QED) is 0.829.